The second-order valence-electron chi connectivity index (χ2n) is 12.8. The maximum absolute atomic E-state index is 5.66. The van der Waals surface area contributed by atoms with Crippen LogP contribution >= 0.6 is 0 Å². The average Bonchev–Trinajstić information content (AvgIpc) is 3.58. The van der Waals surface area contributed by atoms with E-state index >= 15 is 0 Å². The smallest absolute Gasteiger partial charge is 0.231 e. The molecular formula is C38H41N7O2. The molecule has 240 valence electrons. The van der Waals surface area contributed by atoms with Crippen molar-refractivity contribution in [3.05, 3.63) is 91.0 Å². The Morgan fingerprint density at radius 3 is 1.74 bits per heavy atom. The molecule has 0 aliphatic carbocycles. The molecule has 3 aliphatic heterocycles. The van der Waals surface area contributed by atoms with Gasteiger partial charge in [0, 0.05) is 86.6 Å². The van der Waals surface area contributed by atoms with Crippen LogP contribution in [0.15, 0.2) is 91.0 Å². The lowest BCUT2D eigenvalue weighted by atomic mass is 10.0. The second kappa shape index (κ2) is 12.7. The summed E-state index contributed by atoms with van der Waals surface area (Å²) in [7, 11) is 4.37. The Morgan fingerprint density at radius 1 is 0.553 bits per heavy atom. The van der Waals surface area contributed by atoms with Gasteiger partial charge < -0.3 is 39.7 Å². The Hall–Kier alpha value is -4.99. The van der Waals surface area contributed by atoms with E-state index in [9.17, 15) is 0 Å². The lowest BCUT2D eigenvalue weighted by Gasteiger charge is -2.34. The number of nitrogens with one attached hydrogen (secondary N) is 2. The summed E-state index contributed by atoms with van der Waals surface area (Å²) in [5.74, 6) is 2.35. The molecule has 9 heteroatoms. The number of anilines is 6. The van der Waals surface area contributed by atoms with E-state index < -0.39 is 0 Å². The highest BCUT2D eigenvalue weighted by Crippen LogP contribution is 2.38. The number of piperazine rings is 2. The minimum Gasteiger partial charge on any atom is -0.454 e. The van der Waals surface area contributed by atoms with Crippen LogP contribution in [0.25, 0.3) is 22.0 Å². The Kier molecular flexibility index (Phi) is 7.92. The molecule has 2 N–H and O–H groups in total. The fraction of sp³-hybridized carbons (Fsp3) is 0.289. The molecule has 0 amide bonds. The number of aromatic nitrogens is 1. The highest BCUT2D eigenvalue weighted by Gasteiger charge is 2.17. The van der Waals surface area contributed by atoms with E-state index in [0.717, 1.165) is 109 Å². The molecule has 0 saturated carbocycles. The topological polar surface area (TPSA) is 68.4 Å². The quantitative estimate of drug-likeness (QED) is 0.207. The maximum Gasteiger partial charge on any atom is 0.231 e. The van der Waals surface area contributed by atoms with Crippen LogP contribution in [0, 0.1) is 0 Å². The molecule has 5 aromatic rings. The van der Waals surface area contributed by atoms with Crippen LogP contribution in [0.4, 0.5) is 34.3 Å². The van der Waals surface area contributed by atoms with Crippen molar-refractivity contribution in [3.8, 4) is 22.6 Å². The number of pyridine rings is 1. The highest BCUT2D eigenvalue weighted by molar-refractivity contribution is 5.98. The molecule has 0 bridgehead atoms. The molecule has 0 atom stereocenters. The number of hydrogen-bond donors (Lipinski definition) is 2. The number of ether oxygens (including phenoxy) is 2. The minimum atomic E-state index is 0.260. The average molecular weight is 628 g/mol. The summed E-state index contributed by atoms with van der Waals surface area (Å²) >= 11 is 0. The number of rotatable bonds is 7. The molecule has 4 aromatic carbocycles. The lowest BCUT2D eigenvalue weighted by Crippen LogP contribution is -2.44. The van der Waals surface area contributed by atoms with Crippen LogP contribution < -0.4 is 29.9 Å². The third-order valence-corrected chi connectivity index (χ3v) is 9.54. The molecule has 9 nitrogen and oxygen atoms in total. The van der Waals surface area contributed by atoms with Crippen molar-refractivity contribution < 1.29 is 9.47 Å². The molecule has 0 spiro atoms. The van der Waals surface area contributed by atoms with Crippen LogP contribution in [0.1, 0.15) is 0 Å². The third kappa shape index (κ3) is 6.37. The summed E-state index contributed by atoms with van der Waals surface area (Å²) in [5.41, 5.74) is 8.61. The molecule has 3 aliphatic rings. The summed E-state index contributed by atoms with van der Waals surface area (Å²) in [4.78, 5) is 14.7. The Balaban J connectivity index is 1.09. The van der Waals surface area contributed by atoms with E-state index in [1.807, 2.05) is 12.1 Å². The first kappa shape index (κ1) is 29.4. The van der Waals surface area contributed by atoms with Crippen molar-refractivity contribution in [2.24, 2.45) is 0 Å². The largest absolute Gasteiger partial charge is 0.454 e. The zero-order chi connectivity index (χ0) is 31.7. The maximum atomic E-state index is 5.66. The Bertz CT molecular complexity index is 1860. The molecule has 47 heavy (non-hydrogen) atoms. The Labute approximate surface area is 276 Å². The summed E-state index contributed by atoms with van der Waals surface area (Å²) < 4.78 is 11.2. The molecule has 2 saturated heterocycles. The van der Waals surface area contributed by atoms with Crippen molar-refractivity contribution in [1.82, 2.24) is 14.8 Å². The predicted molar refractivity (Wildman–Crippen MR) is 192 cm³/mol. The van der Waals surface area contributed by atoms with Gasteiger partial charge in [-0.25, -0.2) is 4.98 Å². The number of hydrogen-bond acceptors (Lipinski definition) is 9. The zero-order valence-corrected chi connectivity index (χ0v) is 27.1. The van der Waals surface area contributed by atoms with Gasteiger partial charge in [-0.1, -0.05) is 12.1 Å². The molecular weight excluding hydrogens is 586 g/mol. The number of benzene rings is 4. The predicted octanol–water partition coefficient (Wildman–Crippen LogP) is 6.62. The van der Waals surface area contributed by atoms with Crippen LogP contribution in [0.3, 0.4) is 0 Å². The SMILES string of the molecule is CN1CCN(c2ccc(Nc3cc(Nc4ccc(N5CCN(C)CC5)cc4)c4cc(-c5ccc6c(c5)OCO6)ccc4n3)cc2)CC1. The third-order valence-electron chi connectivity index (χ3n) is 9.54. The number of likely N-dealkylation sites (N-methyl/N-ethyl adjacent to an activating group) is 2. The fourth-order valence-electron chi connectivity index (χ4n) is 6.59. The highest BCUT2D eigenvalue weighted by atomic mass is 16.7. The first-order chi connectivity index (χ1) is 23.0. The van der Waals surface area contributed by atoms with Crippen molar-refractivity contribution in [2.75, 3.05) is 93.7 Å². The summed E-state index contributed by atoms with van der Waals surface area (Å²) in [6.45, 7) is 8.81. The summed E-state index contributed by atoms with van der Waals surface area (Å²) in [6.07, 6.45) is 0. The molecule has 1 aromatic heterocycles. The standard InChI is InChI=1S/C38H41N7O2/c1-42-15-19-44(20-16-42)31-9-5-29(6-10-31)39-35-25-38(40-30-7-11-32(12-8-30)45-21-17-43(2)18-22-45)41-34-13-3-27(23-33(34)35)28-4-14-36-37(24-28)47-26-46-36/h3-14,23-25H,15-22,26H2,1-2H3,(H2,39,40,41). The van der Waals surface area contributed by atoms with Crippen molar-refractivity contribution >= 4 is 45.2 Å². The van der Waals surface area contributed by atoms with Gasteiger partial charge in [0.15, 0.2) is 11.5 Å². The van der Waals surface area contributed by atoms with Gasteiger partial charge in [0.2, 0.25) is 6.79 Å². The first-order valence-electron chi connectivity index (χ1n) is 16.5. The van der Waals surface area contributed by atoms with Crippen LogP contribution in [0.2, 0.25) is 0 Å². The summed E-state index contributed by atoms with van der Waals surface area (Å²) in [5, 5.41) is 8.34. The van der Waals surface area contributed by atoms with Gasteiger partial charge in [-0.3, -0.25) is 0 Å². The van der Waals surface area contributed by atoms with Crippen molar-refractivity contribution in [1.29, 1.82) is 0 Å². The van der Waals surface area contributed by atoms with Gasteiger partial charge in [-0.2, -0.15) is 0 Å². The second-order valence-corrected chi connectivity index (χ2v) is 12.8. The number of nitrogens with zero attached hydrogens (tertiary/aromatic N) is 5. The molecule has 8 rings (SSSR count). The normalized spacial score (nSPS) is 16.9. The van der Waals surface area contributed by atoms with E-state index in [1.165, 1.54) is 11.4 Å². The lowest BCUT2D eigenvalue weighted by molar-refractivity contribution is 0.174. The monoisotopic (exact) mass is 627 g/mol. The van der Waals surface area contributed by atoms with Crippen LogP contribution in [-0.4, -0.2) is 88.0 Å². The molecule has 2 fully saturated rings. The fourth-order valence-corrected chi connectivity index (χ4v) is 6.59. The van der Waals surface area contributed by atoms with Gasteiger partial charge in [-0.05, 0) is 98.0 Å². The van der Waals surface area contributed by atoms with Crippen molar-refractivity contribution in [2.45, 2.75) is 0 Å². The van der Waals surface area contributed by atoms with Gasteiger partial charge in [0.1, 0.15) is 5.82 Å². The van der Waals surface area contributed by atoms with E-state index in [0.29, 0.717) is 0 Å². The van der Waals surface area contributed by atoms with E-state index in [2.05, 4.69) is 123 Å². The van der Waals surface area contributed by atoms with Gasteiger partial charge in [0.25, 0.3) is 0 Å². The Morgan fingerprint density at radius 2 is 1.11 bits per heavy atom. The molecule has 0 unspecified atom stereocenters. The van der Waals surface area contributed by atoms with E-state index in [1.54, 1.807) is 0 Å². The van der Waals surface area contributed by atoms with E-state index in [-0.39, 0.29) is 6.79 Å². The number of fused-ring (bicyclic) bond motifs is 2. The first-order valence-corrected chi connectivity index (χ1v) is 16.5. The van der Waals surface area contributed by atoms with Gasteiger partial charge in [-0.15, -0.1) is 0 Å². The molecule has 4 heterocycles. The molecule has 0 radical (unpaired) electrons. The summed E-state index contributed by atoms with van der Waals surface area (Å²) in [6, 6.07) is 32.1. The van der Waals surface area contributed by atoms with Crippen LogP contribution in [0.5, 0.6) is 11.5 Å². The van der Waals surface area contributed by atoms with E-state index in [4.69, 9.17) is 14.5 Å². The minimum absolute atomic E-state index is 0.260. The van der Waals surface area contributed by atoms with Gasteiger partial charge in [0.05, 0.1) is 11.2 Å². The van der Waals surface area contributed by atoms with Gasteiger partial charge >= 0.3 is 0 Å². The van der Waals surface area contributed by atoms with Crippen LogP contribution in [-0.2, 0) is 0 Å². The van der Waals surface area contributed by atoms with Crippen molar-refractivity contribution in [3.63, 3.8) is 0 Å². The zero-order valence-electron chi connectivity index (χ0n) is 27.1.